The van der Waals surface area contributed by atoms with Gasteiger partial charge in [-0.25, -0.2) is 0 Å². The summed E-state index contributed by atoms with van der Waals surface area (Å²) in [5.41, 5.74) is 6.52. The maximum absolute atomic E-state index is 11.3. The number of carbonyl (C=O) groups is 1. The molecular formula is C24H41N5O3. The molecular weight excluding hydrogens is 406 g/mol. The number of aliphatic imine (C=N–C) groups is 1. The molecule has 2 rings (SSSR count). The summed E-state index contributed by atoms with van der Waals surface area (Å²) < 4.78 is 11.4. The molecule has 1 saturated heterocycles. The number of rotatable bonds is 12. The van der Waals surface area contributed by atoms with Crippen LogP contribution in [0.25, 0.3) is 0 Å². The predicted octanol–water partition coefficient (Wildman–Crippen LogP) is 2.69. The summed E-state index contributed by atoms with van der Waals surface area (Å²) in [6, 6.07) is 6.12. The highest BCUT2D eigenvalue weighted by atomic mass is 16.5. The van der Waals surface area contributed by atoms with Crippen LogP contribution in [0.4, 0.5) is 0 Å². The molecule has 1 aliphatic heterocycles. The fraction of sp³-hybridized carbons (Fsp3) is 0.667. The number of likely N-dealkylation sites (tertiary alicyclic amines) is 1. The molecule has 8 heteroatoms. The van der Waals surface area contributed by atoms with E-state index in [0.29, 0.717) is 13.2 Å². The summed E-state index contributed by atoms with van der Waals surface area (Å²) in [7, 11) is 1.79. The lowest BCUT2D eigenvalue weighted by Crippen LogP contribution is -2.40. The van der Waals surface area contributed by atoms with Crippen LogP contribution < -0.4 is 25.8 Å². The van der Waals surface area contributed by atoms with Crippen LogP contribution in [0.3, 0.4) is 0 Å². The van der Waals surface area contributed by atoms with Gasteiger partial charge in [0.25, 0.3) is 0 Å². The van der Waals surface area contributed by atoms with Crippen LogP contribution in [0.5, 0.6) is 11.5 Å². The first-order valence-corrected chi connectivity index (χ1v) is 11.9. The molecule has 8 nitrogen and oxygen atoms in total. The van der Waals surface area contributed by atoms with E-state index in [1.54, 1.807) is 7.05 Å². The Labute approximate surface area is 192 Å². The van der Waals surface area contributed by atoms with Crippen molar-refractivity contribution in [3.8, 4) is 11.5 Å². The number of hydrogen-bond donors (Lipinski definition) is 3. The average Bonchev–Trinajstić information content (AvgIpc) is 2.79. The van der Waals surface area contributed by atoms with Crippen LogP contribution in [0, 0.1) is 5.92 Å². The average molecular weight is 448 g/mol. The van der Waals surface area contributed by atoms with Gasteiger partial charge in [-0.3, -0.25) is 9.79 Å². The van der Waals surface area contributed by atoms with Gasteiger partial charge in [-0.05, 0) is 83.8 Å². The lowest BCUT2D eigenvalue weighted by molar-refractivity contribution is -0.123. The van der Waals surface area contributed by atoms with E-state index >= 15 is 0 Å². The Balaban J connectivity index is 1.73. The number of nitrogens with one attached hydrogen (secondary N) is 2. The van der Waals surface area contributed by atoms with Crippen LogP contribution in [-0.2, 0) is 4.79 Å². The number of primary amides is 1. The highest BCUT2D eigenvalue weighted by molar-refractivity contribution is 5.80. The second kappa shape index (κ2) is 13.8. The van der Waals surface area contributed by atoms with E-state index in [9.17, 15) is 4.79 Å². The lowest BCUT2D eigenvalue weighted by atomic mass is 9.96. The van der Waals surface area contributed by atoms with Gasteiger partial charge in [0.05, 0.1) is 19.3 Å². The number of amides is 1. The Morgan fingerprint density at radius 3 is 2.50 bits per heavy atom. The molecule has 1 aliphatic rings. The molecule has 0 aliphatic carbocycles. The van der Waals surface area contributed by atoms with Crippen LogP contribution in [-0.4, -0.2) is 63.2 Å². The highest BCUT2D eigenvalue weighted by Crippen LogP contribution is 2.30. The lowest BCUT2D eigenvalue weighted by Gasteiger charge is -2.30. The zero-order valence-corrected chi connectivity index (χ0v) is 20.2. The van der Waals surface area contributed by atoms with Crippen molar-refractivity contribution in [2.45, 2.75) is 52.5 Å². The van der Waals surface area contributed by atoms with Gasteiger partial charge >= 0.3 is 0 Å². The molecule has 180 valence electrons. The third-order valence-corrected chi connectivity index (χ3v) is 5.83. The molecule has 1 atom stereocenters. The van der Waals surface area contributed by atoms with E-state index in [1.807, 2.05) is 26.0 Å². The molecule has 1 amide bonds. The molecule has 1 heterocycles. The number of nitrogens with two attached hydrogens (primary N) is 1. The van der Waals surface area contributed by atoms with Crippen LogP contribution in [0.1, 0.15) is 58.1 Å². The number of nitrogens with zero attached hydrogens (tertiary/aromatic N) is 2. The first-order chi connectivity index (χ1) is 15.5. The number of ether oxygens (including phenoxy) is 2. The Hall–Kier alpha value is -2.48. The van der Waals surface area contributed by atoms with Gasteiger partial charge < -0.3 is 30.7 Å². The highest BCUT2D eigenvalue weighted by Gasteiger charge is 2.22. The molecule has 0 aromatic heterocycles. The van der Waals surface area contributed by atoms with E-state index in [1.165, 1.54) is 0 Å². The molecule has 1 fully saturated rings. The van der Waals surface area contributed by atoms with Crippen molar-refractivity contribution in [1.29, 1.82) is 0 Å². The number of piperidine rings is 1. The number of benzene rings is 1. The van der Waals surface area contributed by atoms with Crippen molar-refractivity contribution in [3.05, 3.63) is 23.8 Å². The summed E-state index contributed by atoms with van der Waals surface area (Å²) in [6.07, 6.45) is 3.94. The van der Waals surface area contributed by atoms with Crippen molar-refractivity contribution in [1.82, 2.24) is 15.5 Å². The Morgan fingerprint density at radius 2 is 1.88 bits per heavy atom. The topological polar surface area (TPSA) is 101 Å². The molecule has 32 heavy (non-hydrogen) atoms. The SMILES string of the molecule is CCOc1ccc(C(C)NC(=NC)NCCCCN2CCC(C(N)=O)CC2)cc1OCC. The minimum Gasteiger partial charge on any atom is -0.490 e. The zero-order valence-electron chi connectivity index (χ0n) is 20.2. The third-order valence-electron chi connectivity index (χ3n) is 5.83. The van der Waals surface area contributed by atoms with E-state index < -0.39 is 0 Å². The molecule has 1 unspecified atom stereocenters. The predicted molar refractivity (Wildman–Crippen MR) is 129 cm³/mol. The van der Waals surface area contributed by atoms with Gasteiger partial charge in [0.15, 0.2) is 17.5 Å². The van der Waals surface area contributed by atoms with Crippen LogP contribution >= 0.6 is 0 Å². The molecule has 0 bridgehead atoms. The Bertz CT molecular complexity index is 732. The fourth-order valence-electron chi connectivity index (χ4n) is 3.93. The molecule has 0 radical (unpaired) electrons. The van der Waals surface area contributed by atoms with Crippen molar-refractivity contribution in [2.24, 2.45) is 16.6 Å². The summed E-state index contributed by atoms with van der Waals surface area (Å²) >= 11 is 0. The summed E-state index contributed by atoms with van der Waals surface area (Å²) in [6.45, 7) is 11.1. The normalized spacial score (nSPS) is 16.4. The van der Waals surface area contributed by atoms with Crippen LogP contribution in [0.15, 0.2) is 23.2 Å². The van der Waals surface area contributed by atoms with Gasteiger partial charge in [-0.15, -0.1) is 0 Å². The van der Waals surface area contributed by atoms with Crippen molar-refractivity contribution >= 4 is 11.9 Å². The maximum atomic E-state index is 11.3. The van der Waals surface area contributed by atoms with Crippen molar-refractivity contribution in [3.63, 3.8) is 0 Å². The smallest absolute Gasteiger partial charge is 0.220 e. The maximum Gasteiger partial charge on any atom is 0.220 e. The Morgan fingerprint density at radius 1 is 1.19 bits per heavy atom. The van der Waals surface area contributed by atoms with E-state index in [-0.39, 0.29) is 17.9 Å². The first kappa shape index (κ1) is 25.8. The quantitative estimate of drug-likeness (QED) is 0.259. The van der Waals surface area contributed by atoms with E-state index in [0.717, 1.165) is 74.9 Å². The minimum atomic E-state index is -0.152. The number of guanidine groups is 1. The summed E-state index contributed by atoms with van der Waals surface area (Å²) in [4.78, 5) is 18.1. The Kier molecular flexibility index (Phi) is 11.1. The van der Waals surface area contributed by atoms with Gasteiger partial charge in [-0.1, -0.05) is 6.07 Å². The standard InChI is InChI=1S/C24H41N5O3/c1-5-31-21-10-9-20(17-22(21)32-6-2)18(3)28-24(26-4)27-13-7-8-14-29-15-11-19(12-16-29)23(25)30/h9-10,17-19H,5-8,11-16H2,1-4H3,(H2,25,30)(H2,26,27,28). The number of unbranched alkanes of at least 4 members (excludes halogenated alkanes) is 1. The summed E-state index contributed by atoms with van der Waals surface area (Å²) in [5, 5.41) is 6.85. The van der Waals surface area contributed by atoms with Gasteiger partial charge in [0, 0.05) is 19.5 Å². The van der Waals surface area contributed by atoms with Crippen LogP contribution in [0.2, 0.25) is 0 Å². The van der Waals surface area contributed by atoms with Gasteiger partial charge in [-0.2, -0.15) is 0 Å². The largest absolute Gasteiger partial charge is 0.490 e. The first-order valence-electron chi connectivity index (χ1n) is 11.9. The number of hydrogen-bond acceptors (Lipinski definition) is 5. The molecule has 1 aromatic rings. The monoisotopic (exact) mass is 447 g/mol. The molecule has 0 spiro atoms. The zero-order chi connectivity index (χ0) is 23.3. The number of carbonyl (C=O) groups excluding carboxylic acids is 1. The van der Waals surface area contributed by atoms with Gasteiger partial charge in [0.1, 0.15) is 0 Å². The molecule has 0 saturated carbocycles. The summed E-state index contributed by atoms with van der Waals surface area (Å²) in [5.74, 6) is 2.23. The fourth-order valence-corrected chi connectivity index (χ4v) is 3.93. The van der Waals surface area contributed by atoms with E-state index in [4.69, 9.17) is 15.2 Å². The minimum absolute atomic E-state index is 0.0595. The third kappa shape index (κ3) is 8.22. The van der Waals surface area contributed by atoms with Gasteiger partial charge in [0.2, 0.25) is 5.91 Å². The molecule has 4 N–H and O–H groups in total. The second-order valence-electron chi connectivity index (χ2n) is 8.16. The second-order valence-corrected chi connectivity index (χ2v) is 8.16. The molecule has 1 aromatic carbocycles. The van der Waals surface area contributed by atoms with Crippen molar-refractivity contribution < 1.29 is 14.3 Å². The van der Waals surface area contributed by atoms with Crippen molar-refractivity contribution in [2.75, 3.05) is 46.4 Å². The van der Waals surface area contributed by atoms with E-state index in [2.05, 4.69) is 33.5 Å².